The Morgan fingerprint density at radius 3 is 2.67 bits per heavy atom. The molecule has 120 valence electrons. The van der Waals surface area contributed by atoms with Crippen LogP contribution in [0, 0.1) is 0 Å². The Morgan fingerprint density at radius 1 is 1.29 bits per heavy atom. The maximum Gasteiger partial charge on any atom is 3.00 e. The molecule has 0 fully saturated rings. The molecular formula is C16H18N5O2Y+2. The van der Waals surface area contributed by atoms with Gasteiger partial charge in [0.25, 0.3) is 0 Å². The molecule has 0 aliphatic heterocycles. The molecule has 0 saturated carbocycles. The molecule has 0 aliphatic carbocycles. The molecule has 0 aliphatic rings. The summed E-state index contributed by atoms with van der Waals surface area (Å²) < 4.78 is 1.56. The molecule has 2 heterocycles. The average Bonchev–Trinajstić information content (AvgIpc) is 2.88. The monoisotopic (exact) mass is 401 g/mol. The van der Waals surface area contributed by atoms with Crippen molar-refractivity contribution in [2.75, 3.05) is 20.7 Å². The number of hydrogen-bond donors (Lipinski definition) is 0. The zero-order valence-corrected chi connectivity index (χ0v) is 16.7. The minimum atomic E-state index is -0.339. The van der Waals surface area contributed by atoms with Gasteiger partial charge in [-0.3, -0.25) is 14.6 Å². The molecule has 1 atom stereocenters. The Labute approximate surface area is 164 Å². The number of nitrogens with zero attached hydrogens (tertiary/aromatic N) is 5. The van der Waals surface area contributed by atoms with Crippen LogP contribution in [-0.4, -0.2) is 40.3 Å². The first kappa shape index (κ1) is 18.9. The van der Waals surface area contributed by atoms with Crippen LogP contribution >= 0.6 is 0 Å². The fraction of sp³-hybridized carbons (Fsp3) is 0.312. The molecule has 3 aromatic rings. The summed E-state index contributed by atoms with van der Waals surface area (Å²) in [4.78, 5) is 30.4. The van der Waals surface area contributed by atoms with E-state index < -0.39 is 0 Å². The van der Waals surface area contributed by atoms with Crippen molar-refractivity contribution in [3.05, 3.63) is 47.0 Å². The van der Waals surface area contributed by atoms with Crippen LogP contribution in [0.3, 0.4) is 0 Å². The molecule has 0 amide bonds. The van der Waals surface area contributed by atoms with Crippen molar-refractivity contribution >= 4 is 11.2 Å². The van der Waals surface area contributed by atoms with Crippen molar-refractivity contribution in [2.24, 2.45) is 0 Å². The van der Waals surface area contributed by atoms with E-state index in [1.165, 1.54) is 0 Å². The Kier molecular flexibility index (Phi) is 6.40. The van der Waals surface area contributed by atoms with E-state index in [9.17, 15) is 4.79 Å². The molecule has 0 spiro atoms. The van der Waals surface area contributed by atoms with E-state index in [1.54, 1.807) is 29.9 Å². The second-order valence-electron chi connectivity index (χ2n) is 5.49. The van der Waals surface area contributed by atoms with E-state index in [1.807, 2.05) is 37.3 Å². The van der Waals surface area contributed by atoms with E-state index in [2.05, 4.69) is 15.0 Å². The molecule has 0 radical (unpaired) electrons. The van der Waals surface area contributed by atoms with Crippen molar-refractivity contribution in [2.45, 2.75) is 13.0 Å². The summed E-state index contributed by atoms with van der Waals surface area (Å²) in [7, 11) is 3.60. The molecule has 7 nitrogen and oxygen atoms in total. The maximum absolute atomic E-state index is 12.2. The molecule has 0 N–H and O–H groups in total. The van der Waals surface area contributed by atoms with Crippen molar-refractivity contribution in [1.29, 1.82) is 0 Å². The number of benzene rings is 1. The number of hydroxylamine groups is 2. The molecule has 24 heavy (non-hydrogen) atoms. The van der Waals surface area contributed by atoms with Gasteiger partial charge in [0.15, 0.2) is 0 Å². The van der Waals surface area contributed by atoms with Gasteiger partial charge < -0.3 is 14.5 Å². The summed E-state index contributed by atoms with van der Waals surface area (Å²) in [6.45, 7) is 2.27. The maximum atomic E-state index is 12.2. The van der Waals surface area contributed by atoms with E-state index in [0.717, 1.165) is 5.56 Å². The first-order chi connectivity index (χ1) is 11.1. The summed E-state index contributed by atoms with van der Waals surface area (Å²) in [6, 6.07) is 9.44. The van der Waals surface area contributed by atoms with Gasteiger partial charge in [0.2, 0.25) is 5.69 Å². The number of fused-ring (bicyclic) bond motifs is 1. The van der Waals surface area contributed by atoms with Gasteiger partial charge in [0, 0.05) is 43.1 Å². The van der Waals surface area contributed by atoms with Crippen LogP contribution in [0.4, 0.5) is 0 Å². The molecule has 0 saturated heterocycles. The SMILES string of the molecule is CC(CON(C)C)n1c(=O)[n-]c2nc(-c3ccccc3)ncc21.[Y+3]. The Morgan fingerprint density at radius 2 is 2.00 bits per heavy atom. The van der Waals surface area contributed by atoms with Crippen molar-refractivity contribution < 1.29 is 37.5 Å². The predicted molar refractivity (Wildman–Crippen MR) is 86.9 cm³/mol. The van der Waals surface area contributed by atoms with Crippen LogP contribution in [0.2, 0.25) is 0 Å². The summed E-state index contributed by atoms with van der Waals surface area (Å²) in [6.07, 6.45) is 1.64. The average molecular weight is 401 g/mol. The Balaban J connectivity index is 0.00000208. The van der Waals surface area contributed by atoms with E-state index in [4.69, 9.17) is 4.84 Å². The molecule has 8 heteroatoms. The van der Waals surface area contributed by atoms with Crippen LogP contribution in [0.15, 0.2) is 41.3 Å². The number of hydrogen-bond acceptors (Lipinski definition) is 5. The molecule has 3 rings (SSSR count). The van der Waals surface area contributed by atoms with Crippen molar-refractivity contribution in [3.63, 3.8) is 0 Å². The second-order valence-corrected chi connectivity index (χ2v) is 5.49. The number of rotatable bonds is 5. The van der Waals surface area contributed by atoms with Gasteiger partial charge in [-0.25, -0.2) is 0 Å². The summed E-state index contributed by atoms with van der Waals surface area (Å²) >= 11 is 0. The largest absolute Gasteiger partial charge is 3.00 e. The van der Waals surface area contributed by atoms with Gasteiger partial charge in [-0.2, -0.15) is 5.06 Å². The fourth-order valence-corrected chi connectivity index (χ4v) is 2.35. The zero-order valence-electron chi connectivity index (χ0n) is 13.9. The first-order valence-electron chi connectivity index (χ1n) is 7.34. The quantitative estimate of drug-likeness (QED) is 0.603. The van der Waals surface area contributed by atoms with Gasteiger partial charge in [-0.1, -0.05) is 37.3 Å². The van der Waals surface area contributed by atoms with Crippen molar-refractivity contribution in [3.8, 4) is 11.4 Å². The molecule has 0 bridgehead atoms. The predicted octanol–water partition coefficient (Wildman–Crippen LogP) is 1.47. The zero-order chi connectivity index (χ0) is 16.4. The molecule has 2 aromatic heterocycles. The molecular weight excluding hydrogens is 383 g/mol. The van der Waals surface area contributed by atoms with Crippen LogP contribution < -0.4 is 10.7 Å². The van der Waals surface area contributed by atoms with Gasteiger partial charge in [-0.05, 0) is 0 Å². The third-order valence-corrected chi connectivity index (χ3v) is 3.46. The van der Waals surface area contributed by atoms with E-state index >= 15 is 0 Å². The minimum Gasteiger partial charge on any atom is -0.359 e. The van der Waals surface area contributed by atoms with Gasteiger partial charge in [0.1, 0.15) is 0 Å². The van der Waals surface area contributed by atoms with Gasteiger partial charge >= 0.3 is 32.7 Å². The summed E-state index contributed by atoms with van der Waals surface area (Å²) in [5, 5.41) is 1.60. The third-order valence-electron chi connectivity index (χ3n) is 3.46. The molecule has 1 aromatic carbocycles. The summed E-state index contributed by atoms with van der Waals surface area (Å²) in [5.74, 6) is 0.556. The van der Waals surface area contributed by atoms with Crippen LogP contribution in [-0.2, 0) is 37.5 Å². The third kappa shape index (κ3) is 3.98. The number of imidazole rings is 1. The molecule has 1 unspecified atom stereocenters. The topological polar surface area (TPSA) is 74.3 Å². The minimum absolute atomic E-state index is 0. The standard InChI is InChI=1S/C16H19N5O2.Y/c1-11(10-23-20(2)3)21-13-9-17-14(12-7-5-4-6-8-12)18-15(13)19-16(21)22;/h4-9,11H,10H2,1-3H3,(H,17,18,19,22);/q;+3/p-1. The van der Waals surface area contributed by atoms with Crippen LogP contribution in [0.1, 0.15) is 13.0 Å². The fourth-order valence-electron chi connectivity index (χ4n) is 2.35. The van der Waals surface area contributed by atoms with Crippen molar-refractivity contribution in [1.82, 2.24) is 24.6 Å². The first-order valence-corrected chi connectivity index (χ1v) is 7.34. The Hall–Kier alpha value is -1.41. The van der Waals surface area contributed by atoms with Gasteiger partial charge in [0.05, 0.1) is 12.4 Å². The summed E-state index contributed by atoms with van der Waals surface area (Å²) in [5.41, 5.74) is 1.57. The van der Waals surface area contributed by atoms with Crippen LogP contribution in [0.5, 0.6) is 0 Å². The van der Waals surface area contributed by atoms with E-state index in [0.29, 0.717) is 23.6 Å². The number of aromatic nitrogens is 4. The second kappa shape index (κ2) is 8.11. The Bertz CT molecular complexity index is 860. The normalized spacial score (nSPS) is 12.3. The smallest absolute Gasteiger partial charge is 0.359 e. The van der Waals surface area contributed by atoms with E-state index in [-0.39, 0.29) is 44.4 Å². The van der Waals surface area contributed by atoms with Crippen LogP contribution in [0.25, 0.3) is 22.6 Å². The van der Waals surface area contributed by atoms with Gasteiger partial charge in [-0.15, -0.1) is 0 Å².